The molecule has 11 aromatic rings. The van der Waals surface area contributed by atoms with Crippen molar-refractivity contribution < 1.29 is 4.42 Å². The van der Waals surface area contributed by atoms with Crippen LogP contribution in [0.4, 0.5) is 0 Å². The van der Waals surface area contributed by atoms with E-state index in [1.54, 1.807) is 0 Å². The first-order valence-corrected chi connectivity index (χ1v) is 19.8. The minimum atomic E-state index is 0.157. The Morgan fingerprint density at radius 3 is 1.62 bits per heavy atom. The van der Waals surface area contributed by atoms with E-state index in [-0.39, 0.29) is 27.3 Å². The van der Waals surface area contributed by atoms with Gasteiger partial charge < -0.3 is 8.98 Å². The fourth-order valence-electron chi connectivity index (χ4n) is 8.54. The van der Waals surface area contributed by atoms with Crippen LogP contribution in [0.3, 0.4) is 0 Å². The second-order valence-electron chi connectivity index (χ2n) is 15.1. The third-order valence-electron chi connectivity index (χ3n) is 11.5. The van der Waals surface area contributed by atoms with Crippen molar-refractivity contribution >= 4 is 110 Å². The molecule has 272 valence electrons. The minimum Gasteiger partial charge on any atom is -0.455 e. The quantitative estimate of drug-likeness (QED) is 0.169. The second-order valence-corrected chi connectivity index (χ2v) is 15.1. The van der Waals surface area contributed by atoms with Crippen molar-refractivity contribution in [1.29, 1.82) is 0 Å². The van der Waals surface area contributed by atoms with Gasteiger partial charge in [0.2, 0.25) is 0 Å². The molecule has 0 atom stereocenters. The zero-order valence-electron chi connectivity index (χ0n) is 32.7. The molecule has 0 amide bonds. The average Bonchev–Trinajstić information content (AvgIpc) is 3.87. The lowest BCUT2D eigenvalue weighted by Gasteiger charge is -2.21. The van der Waals surface area contributed by atoms with Crippen LogP contribution in [0.2, 0.25) is 0 Å². The molecule has 0 aliphatic rings. The summed E-state index contributed by atoms with van der Waals surface area (Å²) < 4.78 is 9.28. The van der Waals surface area contributed by atoms with E-state index in [0.717, 1.165) is 60.7 Å². The van der Waals surface area contributed by atoms with Gasteiger partial charge in [-0.1, -0.05) is 132 Å². The lowest BCUT2D eigenvalue weighted by molar-refractivity contribution is 0.670. The smallest absolute Gasteiger partial charge is 0.167 e. The summed E-state index contributed by atoms with van der Waals surface area (Å²) in [6.07, 6.45) is 0. The Bertz CT molecular complexity index is 3520. The molecule has 61 heavy (non-hydrogen) atoms. The summed E-state index contributed by atoms with van der Waals surface area (Å²) in [5, 5.41) is 4.28. The van der Waals surface area contributed by atoms with E-state index >= 15 is 0 Å². The molecule has 0 N–H and O–H groups in total. The van der Waals surface area contributed by atoms with Gasteiger partial charge in [0, 0.05) is 43.9 Å². The molecule has 3 heterocycles. The van der Waals surface area contributed by atoms with Crippen molar-refractivity contribution in [2.45, 2.75) is 0 Å². The maximum Gasteiger partial charge on any atom is 0.167 e. The Morgan fingerprint density at radius 1 is 0.361 bits per heavy atom. The third kappa shape index (κ3) is 5.96. The minimum absolute atomic E-state index is 0.157. The predicted octanol–water partition coefficient (Wildman–Crippen LogP) is 7.17. The number of aromatic nitrogens is 4. The lowest BCUT2D eigenvalue weighted by atomic mass is 9.59. The van der Waals surface area contributed by atoms with Gasteiger partial charge in [0.25, 0.3) is 0 Å². The van der Waals surface area contributed by atoms with Gasteiger partial charge >= 0.3 is 0 Å². The van der Waals surface area contributed by atoms with Gasteiger partial charge in [0.05, 0.1) is 16.6 Å². The normalized spacial score (nSPS) is 11.6. The Hall–Kier alpha value is -7.31. The summed E-state index contributed by atoms with van der Waals surface area (Å²) in [6.45, 7) is 0. The first-order valence-electron chi connectivity index (χ1n) is 19.8. The average molecular weight is 766 g/mol. The molecule has 10 heteroatoms. The largest absolute Gasteiger partial charge is 0.455 e. The summed E-state index contributed by atoms with van der Waals surface area (Å²) >= 11 is 0. The van der Waals surface area contributed by atoms with Gasteiger partial charge in [0.1, 0.15) is 50.4 Å². The van der Waals surface area contributed by atoms with E-state index in [1.807, 2.05) is 72.8 Å². The van der Waals surface area contributed by atoms with Crippen LogP contribution in [0.1, 0.15) is 0 Å². The highest BCUT2D eigenvalue weighted by Gasteiger charge is 2.21. The van der Waals surface area contributed by atoms with Crippen molar-refractivity contribution in [1.82, 2.24) is 19.5 Å². The number of nitrogens with zero attached hydrogens (tertiary/aromatic N) is 4. The Labute approximate surface area is 358 Å². The van der Waals surface area contributed by atoms with E-state index in [0.29, 0.717) is 39.7 Å². The van der Waals surface area contributed by atoms with Crippen molar-refractivity contribution in [3.63, 3.8) is 0 Å². The second kappa shape index (κ2) is 14.5. The first kappa shape index (κ1) is 36.8. The molecule has 11 rings (SSSR count). The van der Waals surface area contributed by atoms with E-state index < -0.39 is 0 Å². The van der Waals surface area contributed by atoms with Crippen LogP contribution in [0, 0.1) is 0 Å². The Morgan fingerprint density at radius 2 is 0.885 bits per heavy atom. The molecule has 0 unspecified atom stereocenters. The fourth-order valence-corrected chi connectivity index (χ4v) is 8.54. The zero-order valence-corrected chi connectivity index (χ0v) is 32.7. The van der Waals surface area contributed by atoms with Gasteiger partial charge in [-0.2, -0.15) is 0 Å². The summed E-state index contributed by atoms with van der Waals surface area (Å²) in [6, 6.07) is 55.5. The predicted molar refractivity (Wildman–Crippen MR) is 256 cm³/mol. The molecule has 0 saturated heterocycles. The van der Waals surface area contributed by atoms with Gasteiger partial charge in [0.15, 0.2) is 17.5 Å². The van der Waals surface area contributed by atoms with E-state index in [4.69, 9.17) is 58.6 Å². The lowest BCUT2D eigenvalue weighted by Crippen LogP contribution is -2.55. The molecule has 10 radical (unpaired) electrons. The van der Waals surface area contributed by atoms with Gasteiger partial charge in [-0.25, -0.2) is 15.0 Å². The van der Waals surface area contributed by atoms with Crippen LogP contribution in [-0.2, 0) is 0 Å². The molecule has 0 saturated carbocycles. The van der Waals surface area contributed by atoms with Crippen LogP contribution < -0.4 is 27.3 Å². The van der Waals surface area contributed by atoms with E-state index in [1.165, 1.54) is 5.39 Å². The highest BCUT2D eigenvalue weighted by molar-refractivity contribution is 6.68. The van der Waals surface area contributed by atoms with Crippen LogP contribution in [0.5, 0.6) is 0 Å². The molecule has 0 bridgehead atoms. The Kier molecular flexibility index (Phi) is 8.71. The highest BCUT2D eigenvalue weighted by atomic mass is 16.3. The monoisotopic (exact) mass is 766 g/mol. The maximum atomic E-state index is 6.96. The van der Waals surface area contributed by atoms with Crippen LogP contribution in [-0.4, -0.2) is 58.8 Å². The molecule has 0 aliphatic carbocycles. The van der Waals surface area contributed by atoms with Crippen molar-refractivity contribution in [2.24, 2.45) is 0 Å². The van der Waals surface area contributed by atoms with Gasteiger partial charge in [-0.3, -0.25) is 0 Å². The molecule has 0 fully saturated rings. The van der Waals surface area contributed by atoms with Gasteiger partial charge in [-0.05, 0) is 59.2 Å². The topological polar surface area (TPSA) is 56.7 Å². The van der Waals surface area contributed by atoms with Gasteiger partial charge in [-0.15, -0.1) is 16.4 Å². The summed E-state index contributed by atoms with van der Waals surface area (Å²) in [5.41, 5.74) is 11.3. The van der Waals surface area contributed by atoms with E-state index in [9.17, 15) is 0 Å². The van der Waals surface area contributed by atoms with Crippen molar-refractivity contribution in [3.8, 4) is 62.1 Å². The summed E-state index contributed by atoms with van der Waals surface area (Å²) in [4.78, 5) is 15.1. The molecular weight excluding hydrogens is 739 g/mol. The highest BCUT2D eigenvalue weighted by Crippen LogP contribution is 2.41. The molecular formula is C51H27B5N4O. The van der Waals surface area contributed by atoms with Crippen LogP contribution >= 0.6 is 0 Å². The number of hydrogen-bond donors (Lipinski definition) is 0. The number of benzene rings is 8. The fraction of sp³-hybridized carbons (Fsp3) is 0. The molecule has 3 aromatic heterocycles. The van der Waals surface area contributed by atoms with Crippen molar-refractivity contribution in [3.05, 3.63) is 164 Å². The number of hydrogen-bond acceptors (Lipinski definition) is 4. The van der Waals surface area contributed by atoms with E-state index in [2.05, 4.69) is 95.6 Å². The summed E-state index contributed by atoms with van der Waals surface area (Å²) in [5.74, 6) is 1.40. The third-order valence-corrected chi connectivity index (χ3v) is 11.5. The van der Waals surface area contributed by atoms with Crippen molar-refractivity contribution in [2.75, 3.05) is 0 Å². The number of para-hydroxylation sites is 4. The first-order chi connectivity index (χ1) is 29.8. The molecule has 0 aliphatic heterocycles. The number of furan rings is 1. The number of fused-ring (bicyclic) bond motifs is 6. The molecule has 0 spiro atoms. The molecule has 5 nitrogen and oxygen atoms in total. The SMILES string of the molecule is [B]c1c([B])c([B])c(-c2cccc(-c3nc(-c4ccccc4)nc(-c4cccc5c4oc4c(-c6ccc7c(c6)c6ccccc6n7-c6ccccc6)cccc45)n3)c2)c([B])c1[B]. The summed E-state index contributed by atoms with van der Waals surface area (Å²) in [7, 11) is 31.6. The van der Waals surface area contributed by atoms with Crippen LogP contribution in [0.15, 0.2) is 168 Å². The maximum absolute atomic E-state index is 6.96. The zero-order chi connectivity index (χ0) is 41.4. The van der Waals surface area contributed by atoms with Crippen LogP contribution in [0.25, 0.3) is 106 Å². The number of rotatable bonds is 6. The Balaban J connectivity index is 1.08. The molecule has 8 aromatic carbocycles. The standard InChI is InChI=1S/C51H27B5N4O/c52-42-41(43(53)45(55)46(56)44(42)54)30-14-9-15-31(26-30)50-57-49(28-12-3-1-4-13-28)58-51(59-50)37-22-11-21-36-35-20-10-19-33(47(35)61-48(36)37)29-24-25-40-38(27-29)34-18-7-8-23-39(34)60(40)32-16-5-2-6-17-32/h1-27H.